The highest BCUT2D eigenvalue weighted by Crippen LogP contribution is 2.45. The van der Waals surface area contributed by atoms with Crippen LogP contribution in [0.25, 0.3) is 0 Å². The molecule has 0 saturated carbocycles. The summed E-state index contributed by atoms with van der Waals surface area (Å²) in [6.45, 7) is 5.31. The molecule has 0 N–H and O–H groups in total. The number of benzene rings is 1. The highest BCUT2D eigenvalue weighted by molar-refractivity contribution is 5.95. The normalized spacial score (nSPS) is 20.6. The number of nitrogens with zero attached hydrogens (tertiary/aromatic N) is 4. The van der Waals surface area contributed by atoms with Gasteiger partial charge >= 0.3 is 0 Å². The van der Waals surface area contributed by atoms with Crippen LogP contribution in [0.1, 0.15) is 15.9 Å². The molecular formula is C22H28ClFN4O. The molecule has 4 rings (SSSR count). The van der Waals surface area contributed by atoms with Crippen molar-refractivity contribution in [1.29, 1.82) is 0 Å². The Morgan fingerprint density at radius 1 is 1.21 bits per heavy atom. The molecule has 156 valence electrons. The van der Waals surface area contributed by atoms with Gasteiger partial charge < -0.3 is 9.80 Å². The number of pyridine rings is 1. The highest BCUT2D eigenvalue weighted by Gasteiger charge is 2.55. The quantitative estimate of drug-likeness (QED) is 0.748. The summed E-state index contributed by atoms with van der Waals surface area (Å²) in [6, 6.07) is 12.0. The standard InChI is InChI=1S/C22H27FN4O.ClH/c1-25(2)12-18-13-26(11-17-6-4-3-5-7-17)14-22(18)15-27(16-22)21(28)19-8-9-24-10-20(19)23;/h3-10,18H,11-16H2,1-2H3;1H. The van der Waals surface area contributed by atoms with Crippen molar-refractivity contribution < 1.29 is 9.18 Å². The molecule has 1 aromatic carbocycles. The topological polar surface area (TPSA) is 39.7 Å². The molecule has 5 nitrogen and oxygen atoms in total. The average Bonchev–Trinajstić information content (AvgIpc) is 2.98. The smallest absolute Gasteiger partial charge is 0.256 e. The summed E-state index contributed by atoms with van der Waals surface area (Å²) >= 11 is 0. The summed E-state index contributed by atoms with van der Waals surface area (Å²) in [6.07, 6.45) is 2.58. The van der Waals surface area contributed by atoms with E-state index in [1.807, 2.05) is 6.07 Å². The summed E-state index contributed by atoms with van der Waals surface area (Å²) < 4.78 is 14.0. The lowest BCUT2D eigenvalue weighted by molar-refractivity contribution is -0.0157. The molecule has 2 aliphatic heterocycles. The van der Waals surface area contributed by atoms with Crippen LogP contribution in [-0.4, -0.2) is 72.4 Å². The van der Waals surface area contributed by atoms with Gasteiger partial charge in [0.05, 0.1) is 11.8 Å². The summed E-state index contributed by atoms with van der Waals surface area (Å²) in [5.74, 6) is -0.274. The number of likely N-dealkylation sites (tertiary alicyclic amines) is 2. The molecule has 2 fully saturated rings. The average molecular weight is 419 g/mol. The van der Waals surface area contributed by atoms with Gasteiger partial charge in [0, 0.05) is 50.9 Å². The van der Waals surface area contributed by atoms with Gasteiger partial charge in [-0.15, -0.1) is 12.4 Å². The maximum atomic E-state index is 14.0. The summed E-state index contributed by atoms with van der Waals surface area (Å²) in [7, 11) is 4.20. The van der Waals surface area contributed by atoms with Crippen LogP contribution in [0.3, 0.4) is 0 Å². The van der Waals surface area contributed by atoms with Crippen LogP contribution in [0.5, 0.6) is 0 Å². The molecule has 1 spiro atoms. The van der Waals surface area contributed by atoms with Crippen LogP contribution in [0, 0.1) is 17.2 Å². The molecule has 0 bridgehead atoms. The molecule has 1 unspecified atom stereocenters. The number of rotatable bonds is 5. The number of carbonyl (C=O) groups excluding carboxylic acids is 1. The number of aromatic nitrogens is 1. The molecule has 7 heteroatoms. The molecule has 2 saturated heterocycles. The van der Waals surface area contributed by atoms with E-state index >= 15 is 0 Å². The number of carbonyl (C=O) groups is 1. The molecule has 1 atom stereocenters. The van der Waals surface area contributed by atoms with Gasteiger partial charge in [-0.2, -0.15) is 0 Å². The fourth-order valence-electron chi connectivity index (χ4n) is 4.73. The second kappa shape index (κ2) is 8.78. The van der Waals surface area contributed by atoms with Crippen molar-refractivity contribution in [1.82, 2.24) is 19.7 Å². The van der Waals surface area contributed by atoms with Gasteiger partial charge in [0.15, 0.2) is 5.82 Å². The predicted octanol–water partition coefficient (Wildman–Crippen LogP) is 2.78. The van der Waals surface area contributed by atoms with Crippen molar-refractivity contribution in [3.8, 4) is 0 Å². The minimum atomic E-state index is -0.546. The minimum Gasteiger partial charge on any atom is -0.337 e. The van der Waals surface area contributed by atoms with Crippen molar-refractivity contribution >= 4 is 18.3 Å². The van der Waals surface area contributed by atoms with E-state index in [-0.39, 0.29) is 29.3 Å². The Labute approximate surface area is 177 Å². The highest BCUT2D eigenvalue weighted by atomic mass is 35.5. The van der Waals surface area contributed by atoms with Crippen LogP contribution in [0.2, 0.25) is 0 Å². The molecule has 1 amide bonds. The summed E-state index contributed by atoms with van der Waals surface area (Å²) in [5.41, 5.74) is 1.53. The lowest BCUT2D eigenvalue weighted by atomic mass is 9.71. The molecule has 3 heterocycles. The van der Waals surface area contributed by atoms with Gasteiger partial charge in [-0.3, -0.25) is 14.7 Å². The maximum Gasteiger partial charge on any atom is 0.256 e. The summed E-state index contributed by atoms with van der Waals surface area (Å²) in [5, 5.41) is 0. The predicted molar refractivity (Wildman–Crippen MR) is 114 cm³/mol. The van der Waals surface area contributed by atoms with Gasteiger partial charge in [-0.25, -0.2) is 4.39 Å². The van der Waals surface area contributed by atoms with E-state index in [1.165, 1.54) is 17.8 Å². The molecule has 2 aromatic rings. The van der Waals surface area contributed by atoms with Crippen LogP contribution in [-0.2, 0) is 6.54 Å². The number of hydrogen-bond acceptors (Lipinski definition) is 4. The maximum absolute atomic E-state index is 14.0. The first kappa shape index (κ1) is 21.7. The fraction of sp³-hybridized carbons (Fsp3) is 0.455. The van der Waals surface area contributed by atoms with Gasteiger partial charge in [-0.05, 0) is 31.6 Å². The van der Waals surface area contributed by atoms with Crippen molar-refractivity contribution in [3.63, 3.8) is 0 Å². The van der Waals surface area contributed by atoms with E-state index in [0.29, 0.717) is 19.0 Å². The van der Waals surface area contributed by atoms with E-state index in [4.69, 9.17) is 0 Å². The largest absolute Gasteiger partial charge is 0.337 e. The third-order valence-electron chi connectivity index (χ3n) is 6.02. The molecule has 2 aliphatic rings. The van der Waals surface area contributed by atoms with Crippen molar-refractivity contribution in [3.05, 3.63) is 65.7 Å². The summed E-state index contributed by atoms with van der Waals surface area (Å²) in [4.78, 5) is 23.0. The second-order valence-corrected chi connectivity index (χ2v) is 8.49. The Hall–Kier alpha value is -2.02. The Balaban J connectivity index is 0.00000240. The molecule has 0 radical (unpaired) electrons. The lowest BCUT2D eigenvalue weighted by Crippen LogP contribution is -2.63. The zero-order valence-corrected chi connectivity index (χ0v) is 17.7. The van der Waals surface area contributed by atoms with Crippen LogP contribution in [0.15, 0.2) is 48.8 Å². The van der Waals surface area contributed by atoms with Crippen molar-refractivity contribution in [2.45, 2.75) is 6.54 Å². The minimum absolute atomic E-state index is 0. The van der Waals surface area contributed by atoms with Crippen LogP contribution >= 0.6 is 12.4 Å². The van der Waals surface area contributed by atoms with Gasteiger partial charge in [0.1, 0.15) is 0 Å². The van der Waals surface area contributed by atoms with Crippen LogP contribution < -0.4 is 0 Å². The van der Waals surface area contributed by atoms with Gasteiger partial charge in [0.2, 0.25) is 0 Å². The molecular weight excluding hydrogens is 391 g/mol. The van der Waals surface area contributed by atoms with Crippen molar-refractivity contribution in [2.75, 3.05) is 46.8 Å². The lowest BCUT2D eigenvalue weighted by Gasteiger charge is -2.51. The van der Waals surface area contributed by atoms with E-state index in [9.17, 15) is 9.18 Å². The van der Waals surface area contributed by atoms with E-state index in [2.05, 4.69) is 53.1 Å². The monoisotopic (exact) mass is 418 g/mol. The van der Waals surface area contributed by atoms with E-state index in [1.54, 1.807) is 4.90 Å². The SMILES string of the molecule is CN(C)CC1CN(Cc2ccccc2)CC12CN(C(=O)c1ccncc1F)C2.Cl. The fourth-order valence-corrected chi connectivity index (χ4v) is 4.73. The van der Waals surface area contributed by atoms with E-state index in [0.717, 1.165) is 32.4 Å². The van der Waals surface area contributed by atoms with Gasteiger partial charge in [-0.1, -0.05) is 30.3 Å². The zero-order chi connectivity index (χ0) is 19.7. The third-order valence-corrected chi connectivity index (χ3v) is 6.02. The number of halogens is 2. The van der Waals surface area contributed by atoms with Crippen LogP contribution in [0.4, 0.5) is 4.39 Å². The molecule has 29 heavy (non-hydrogen) atoms. The number of hydrogen-bond donors (Lipinski definition) is 0. The Kier molecular flexibility index (Phi) is 6.56. The number of amides is 1. The Bertz CT molecular complexity index is 842. The molecule has 0 aliphatic carbocycles. The first-order chi connectivity index (χ1) is 13.5. The first-order valence-corrected chi connectivity index (χ1v) is 9.77. The van der Waals surface area contributed by atoms with E-state index < -0.39 is 5.82 Å². The van der Waals surface area contributed by atoms with Crippen molar-refractivity contribution in [2.24, 2.45) is 11.3 Å². The van der Waals surface area contributed by atoms with Gasteiger partial charge in [0.25, 0.3) is 5.91 Å². The molecule has 1 aromatic heterocycles. The Morgan fingerprint density at radius 3 is 2.59 bits per heavy atom. The zero-order valence-electron chi connectivity index (χ0n) is 16.9. The second-order valence-electron chi connectivity index (χ2n) is 8.49. The third kappa shape index (κ3) is 4.44. The first-order valence-electron chi connectivity index (χ1n) is 9.77. The Morgan fingerprint density at radius 2 is 1.93 bits per heavy atom.